The number of carbonyl (C=O) groups is 2. The monoisotopic (exact) mass is 836 g/mol. The summed E-state index contributed by atoms with van der Waals surface area (Å²) in [6.07, 6.45) is 60.6. The summed E-state index contributed by atoms with van der Waals surface area (Å²) in [6.45, 7) is 6.26. The van der Waals surface area contributed by atoms with Crippen molar-refractivity contribution >= 4 is 11.9 Å². The Morgan fingerprint density at radius 1 is 0.517 bits per heavy atom. The van der Waals surface area contributed by atoms with Gasteiger partial charge < -0.3 is 20.3 Å². The minimum Gasteiger partial charge on any atom is -0.462 e. The van der Waals surface area contributed by atoms with E-state index in [0.717, 1.165) is 109 Å². The first-order chi connectivity index (χ1) is 29.5. The maximum Gasteiger partial charge on any atom is 0.306 e. The number of esters is 1. The number of hydrogen-bond acceptors (Lipinski definition) is 5. The average Bonchev–Trinajstić information content (AvgIpc) is 3.24. The van der Waals surface area contributed by atoms with Crippen LogP contribution in [0.15, 0.2) is 85.1 Å². The van der Waals surface area contributed by atoms with Crippen molar-refractivity contribution in [1.82, 2.24) is 5.32 Å². The first kappa shape index (κ1) is 57.0. The second-order valence-electron chi connectivity index (χ2n) is 16.6. The number of rotatable bonds is 43. The summed E-state index contributed by atoms with van der Waals surface area (Å²) in [7, 11) is 0. The van der Waals surface area contributed by atoms with Gasteiger partial charge in [0.15, 0.2) is 0 Å². The van der Waals surface area contributed by atoms with Gasteiger partial charge >= 0.3 is 5.97 Å². The van der Waals surface area contributed by atoms with E-state index in [1.807, 2.05) is 24.3 Å². The quantitative estimate of drug-likeness (QED) is 0.0246. The van der Waals surface area contributed by atoms with Crippen LogP contribution in [-0.2, 0) is 14.3 Å². The second-order valence-corrected chi connectivity index (χ2v) is 16.6. The van der Waals surface area contributed by atoms with Crippen LogP contribution < -0.4 is 5.32 Å². The Kier molecular flexibility index (Phi) is 44.8. The summed E-state index contributed by atoms with van der Waals surface area (Å²) < 4.78 is 5.91. The normalized spacial score (nSPS) is 14.0. The molecule has 0 aliphatic rings. The van der Waals surface area contributed by atoms with Gasteiger partial charge in [0.2, 0.25) is 5.91 Å². The third-order valence-electron chi connectivity index (χ3n) is 10.8. The van der Waals surface area contributed by atoms with Crippen LogP contribution in [0.4, 0.5) is 0 Å². The van der Waals surface area contributed by atoms with Crippen molar-refractivity contribution in [3.8, 4) is 0 Å². The van der Waals surface area contributed by atoms with Gasteiger partial charge in [-0.25, -0.2) is 0 Å². The molecule has 344 valence electrons. The van der Waals surface area contributed by atoms with Crippen molar-refractivity contribution in [2.45, 2.75) is 238 Å². The number of aliphatic hydroxyl groups is 2. The number of allylic oxidation sites excluding steroid dienone is 14. The van der Waals surface area contributed by atoms with Crippen molar-refractivity contribution in [2.24, 2.45) is 0 Å². The number of unbranched alkanes of at least 4 members (excludes halogenated alkanes) is 21. The molecule has 0 fully saturated rings. The summed E-state index contributed by atoms with van der Waals surface area (Å²) in [5, 5.41) is 23.7. The number of aliphatic hydroxyl groups excluding tert-OH is 2. The summed E-state index contributed by atoms with van der Waals surface area (Å²) in [5.41, 5.74) is 0. The molecule has 3 unspecified atom stereocenters. The molecule has 0 saturated heterocycles. The Bertz CT molecular complexity index is 1160. The summed E-state index contributed by atoms with van der Waals surface area (Å²) in [4.78, 5) is 26.1. The highest BCUT2D eigenvalue weighted by Crippen LogP contribution is 2.17. The van der Waals surface area contributed by atoms with Gasteiger partial charge in [0, 0.05) is 6.42 Å². The minimum atomic E-state index is -0.799. The molecule has 0 saturated carbocycles. The van der Waals surface area contributed by atoms with Gasteiger partial charge in [-0.05, 0) is 70.6 Å². The molecule has 0 aromatic rings. The van der Waals surface area contributed by atoms with Gasteiger partial charge in [0.25, 0.3) is 0 Å². The van der Waals surface area contributed by atoms with Crippen LogP contribution in [0.3, 0.4) is 0 Å². The van der Waals surface area contributed by atoms with E-state index < -0.39 is 18.2 Å². The first-order valence-electron chi connectivity index (χ1n) is 24.9. The summed E-state index contributed by atoms with van der Waals surface area (Å²) in [6, 6.07) is -0.715. The molecule has 60 heavy (non-hydrogen) atoms. The lowest BCUT2D eigenvalue weighted by molar-refractivity contribution is -0.151. The van der Waals surface area contributed by atoms with E-state index in [2.05, 4.69) is 86.8 Å². The van der Waals surface area contributed by atoms with Crippen molar-refractivity contribution in [1.29, 1.82) is 0 Å². The standard InChI is InChI=1S/C54H93NO5/c1-4-7-10-13-16-19-22-24-25-26-27-28-29-32-35-38-41-44-47-54(59)60-50(45-42-39-36-33-31-23-20-17-14-11-8-5-2)48-53(58)55-51(49-56)52(57)46-43-40-37-34-30-21-18-15-12-9-6-3/h8,10-11,13,16-17,19-20,22,24-28,50-52,56-57H,4-7,9,12,14-15,18,21,23,29-49H2,1-3H3,(H,55,58)/b11-8+,13-10+,19-16+,20-17+,24-22+,26-25+,28-27+. The van der Waals surface area contributed by atoms with Gasteiger partial charge in [0.1, 0.15) is 6.10 Å². The molecule has 6 heteroatoms. The number of nitrogens with one attached hydrogen (secondary N) is 1. The van der Waals surface area contributed by atoms with Gasteiger partial charge in [-0.3, -0.25) is 9.59 Å². The Labute approximate surface area is 370 Å². The van der Waals surface area contributed by atoms with Crippen LogP contribution in [0.2, 0.25) is 0 Å². The summed E-state index contributed by atoms with van der Waals surface area (Å²) in [5.74, 6) is -0.523. The van der Waals surface area contributed by atoms with Crippen molar-refractivity contribution in [3.05, 3.63) is 85.1 Å². The highest BCUT2D eigenvalue weighted by molar-refractivity contribution is 5.77. The predicted molar refractivity (Wildman–Crippen MR) is 259 cm³/mol. The minimum absolute atomic E-state index is 0.0530. The highest BCUT2D eigenvalue weighted by Gasteiger charge is 2.24. The fraction of sp³-hybridized carbons (Fsp3) is 0.704. The van der Waals surface area contributed by atoms with Crippen LogP contribution in [0.25, 0.3) is 0 Å². The van der Waals surface area contributed by atoms with Gasteiger partial charge in [-0.15, -0.1) is 0 Å². The zero-order valence-electron chi connectivity index (χ0n) is 39.1. The van der Waals surface area contributed by atoms with Gasteiger partial charge in [0.05, 0.1) is 25.2 Å². The second kappa shape index (κ2) is 47.1. The SMILES string of the molecule is CC/C=C/C/C=C/CCCCCCCC(CC(=O)NC(CO)C(O)CCCCCCCCCCCCC)OC(=O)CCCCCCC/C=C/C=C/C=C/C=C/C=C/CCC. The predicted octanol–water partition coefficient (Wildman–Crippen LogP) is 14.8. The Morgan fingerprint density at radius 2 is 1.00 bits per heavy atom. The third-order valence-corrected chi connectivity index (χ3v) is 10.8. The molecule has 0 aromatic heterocycles. The lowest BCUT2D eigenvalue weighted by atomic mass is 10.0. The van der Waals surface area contributed by atoms with E-state index in [4.69, 9.17) is 4.74 Å². The first-order valence-corrected chi connectivity index (χ1v) is 24.9. The van der Waals surface area contributed by atoms with E-state index in [1.165, 1.54) is 64.2 Å². The molecular weight excluding hydrogens is 743 g/mol. The van der Waals surface area contributed by atoms with E-state index in [9.17, 15) is 19.8 Å². The number of ether oxygens (including phenoxy) is 1. The molecular formula is C54H93NO5. The van der Waals surface area contributed by atoms with Crippen LogP contribution in [0, 0.1) is 0 Å². The molecule has 3 N–H and O–H groups in total. The Balaban J connectivity index is 4.65. The molecule has 0 rings (SSSR count). The lowest BCUT2D eigenvalue weighted by Crippen LogP contribution is -2.46. The maximum absolute atomic E-state index is 13.2. The molecule has 1 amide bonds. The van der Waals surface area contributed by atoms with Crippen LogP contribution in [0.5, 0.6) is 0 Å². The maximum atomic E-state index is 13.2. The molecule has 0 spiro atoms. The molecule has 0 radical (unpaired) electrons. The molecule has 0 bridgehead atoms. The fourth-order valence-electron chi connectivity index (χ4n) is 7.09. The van der Waals surface area contributed by atoms with Crippen LogP contribution in [-0.4, -0.2) is 46.9 Å². The molecule has 0 aromatic carbocycles. The molecule has 3 atom stereocenters. The Hall–Kier alpha value is -2.96. The van der Waals surface area contributed by atoms with Crippen molar-refractivity contribution in [2.75, 3.05) is 6.61 Å². The van der Waals surface area contributed by atoms with E-state index in [-0.39, 0.29) is 24.9 Å². The highest BCUT2D eigenvalue weighted by atomic mass is 16.5. The van der Waals surface area contributed by atoms with Crippen molar-refractivity contribution in [3.63, 3.8) is 0 Å². The Morgan fingerprint density at radius 3 is 1.57 bits per heavy atom. The van der Waals surface area contributed by atoms with Gasteiger partial charge in [-0.1, -0.05) is 221 Å². The van der Waals surface area contributed by atoms with Gasteiger partial charge in [-0.2, -0.15) is 0 Å². The van der Waals surface area contributed by atoms with Crippen LogP contribution in [0.1, 0.15) is 220 Å². The molecule has 6 nitrogen and oxygen atoms in total. The zero-order valence-corrected chi connectivity index (χ0v) is 39.1. The largest absolute Gasteiger partial charge is 0.462 e. The lowest BCUT2D eigenvalue weighted by Gasteiger charge is -2.24. The topological polar surface area (TPSA) is 95.9 Å². The zero-order chi connectivity index (χ0) is 43.8. The van der Waals surface area contributed by atoms with Crippen molar-refractivity contribution < 1.29 is 24.5 Å². The number of carbonyl (C=O) groups excluding carboxylic acids is 2. The molecule has 0 aliphatic carbocycles. The molecule has 0 heterocycles. The number of amides is 1. The van der Waals surface area contributed by atoms with E-state index in [1.54, 1.807) is 0 Å². The fourth-order valence-corrected chi connectivity index (χ4v) is 7.09. The smallest absolute Gasteiger partial charge is 0.306 e. The van der Waals surface area contributed by atoms with Crippen LogP contribution >= 0.6 is 0 Å². The third kappa shape index (κ3) is 41.8. The average molecular weight is 836 g/mol. The van der Waals surface area contributed by atoms with E-state index >= 15 is 0 Å². The number of hydrogen-bond donors (Lipinski definition) is 3. The van der Waals surface area contributed by atoms with E-state index in [0.29, 0.717) is 19.3 Å². The molecule has 0 aliphatic heterocycles. The summed E-state index contributed by atoms with van der Waals surface area (Å²) >= 11 is 0.